The molecule has 0 atom stereocenters. The first-order valence-corrected chi connectivity index (χ1v) is 8.38. The Morgan fingerprint density at radius 2 is 1.30 bits per heavy atom. The molecule has 0 unspecified atom stereocenters. The lowest BCUT2D eigenvalue weighted by Crippen LogP contribution is -1.87. The lowest BCUT2D eigenvalue weighted by atomic mass is 10.0. The van der Waals surface area contributed by atoms with Crippen molar-refractivity contribution in [2.24, 2.45) is 0 Å². The summed E-state index contributed by atoms with van der Waals surface area (Å²) in [7, 11) is 0. The first kappa shape index (κ1) is 15.1. The van der Waals surface area contributed by atoms with E-state index < -0.39 is 0 Å². The molecule has 0 nitrogen and oxygen atoms in total. The third kappa shape index (κ3) is 5.00. The van der Waals surface area contributed by atoms with E-state index in [-0.39, 0.29) is 0 Å². The van der Waals surface area contributed by atoms with Crippen LogP contribution in [0.15, 0.2) is 42.5 Å². The number of aryl methyl sites for hydroxylation is 1. The van der Waals surface area contributed by atoms with Crippen molar-refractivity contribution in [3.8, 4) is 0 Å². The van der Waals surface area contributed by atoms with E-state index in [2.05, 4.69) is 49.4 Å². The Bertz CT molecular complexity index is 498. The van der Waals surface area contributed by atoms with Gasteiger partial charge < -0.3 is 0 Å². The van der Waals surface area contributed by atoms with E-state index in [1.54, 1.807) is 0 Å². The zero-order valence-electron chi connectivity index (χ0n) is 12.9. The van der Waals surface area contributed by atoms with Crippen molar-refractivity contribution in [3.63, 3.8) is 0 Å². The summed E-state index contributed by atoms with van der Waals surface area (Å²) in [4.78, 5) is 0. The molecule has 0 spiro atoms. The second-order valence-electron chi connectivity index (χ2n) is 5.91. The number of rotatable bonds is 9. The zero-order valence-corrected chi connectivity index (χ0v) is 12.9. The van der Waals surface area contributed by atoms with Gasteiger partial charge in [0, 0.05) is 0 Å². The molecule has 20 heavy (non-hydrogen) atoms. The molecule has 0 heteroatoms. The van der Waals surface area contributed by atoms with Crippen LogP contribution in [-0.4, -0.2) is 0 Å². The Balaban J connectivity index is 1.65. The quantitative estimate of drug-likeness (QED) is 0.454. The van der Waals surface area contributed by atoms with Crippen molar-refractivity contribution >= 4 is 10.8 Å². The summed E-state index contributed by atoms with van der Waals surface area (Å²) in [6, 6.07) is 15.6. The van der Waals surface area contributed by atoms with Gasteiger partial charge in [0.15, 0.2) is 0 Å². The highest BCUT2D eigenvalue weighted by Gasteiger charge is 1.97. The number of hydrogen-bond donors (Lipinski definition) is 0. The molecule has 0 aromatic heterocycles. The largest absolute Gasteiger partial charge is 0.0654 e. The molecule has 0 bridgehead atoms. The van der Waals surface area contributed by atoms with Crippen molar-refractivity contribution in [2.75, 3.05) is 0 Å². The Labute approximate surface area is 124 Å². The van der Waals surface area contributed by atoms with E-state index in [1.807, 2.05) is 0 Å². The molecule has 0 saturated heterocycles. The van der Waals surface area contributed by atoms with Crippen LogP contribution in [0.1, 0.15) is 63.9 Å². The molecule has 0 aliphatic heterocycles. The van der Waals surface area contributed by atoms with Gasteiger partial charge in [-0.25, -0.2) is 0 Å². The fourth-order valence-electron chi connectivity index (χ4n) is 2.86. The van der Waals surface area contributed by atoms with Crippen molar-refractivity contribution in [2.45, 2.75) is 64.7 Å². The van der Waals surface area contributed by atoms with Gasteiger partial charge in [-0.15, -0.1) is 0 Å². The molecule has 0 amide bonds. The van der Waals surface area contributed by atoms with Gasteiger partial charge in [-0.05, 0) is 29.2 Å². The van der Waals surface area contributed by atoms with Crippen molar-refractivity contribution in [1.29, 1.82) is 0 Å². The molecule has 2 rings (SSSR count). The number of fused-ring (bicyclic) bond motifs is 1. The van der Waals surface area contributed by atoms with Gasteiger partial charge in [-0.1, -0.05) is 94.3 Å². The summed E-state index contributed by atoms with van der Waals surface area (Å²) in [5, 5.41) is 2.73. The Kier molecular flexibility index (Phi) is 6.63. The Morgan fingerprint density at radius 1 is 0.650 bits per heavy atom. The SMILES string of the molecule is CCCCCCCCCCc1ccc2ccccc2c1. The number of unbranched alkanes of at least 4 members (excludes halogenated alkanes) is 7. The van der Waals surface area contributed by atoms with Crippen LogP contribution in [0.25, 0.3) is 10.8 Å². The third-order valence-electron chi connectivity index (χ3n) is 4.13. The minimum atomic E-state index is 1.24. The maximum absolute atomic E-state index is 2.36. The van der Waals surface area contributed by atoms with E-state index in [1.165, 1.54) is 74.1 Å². The smallest absolute Gasteiger partial charge is 0.0181 e. The van der Waals surface area contributed by atoms with Gasteiger partial charge in [0.25, 0.3) is 0 Å². The van der Waals surface area contributed by atoms with E-state index in [0.29, 0.717) is 0 Å². The summed E-state index contributed by atoms with van der Waals surface area (Å²) in [5.74, 6) is 0. The summed E-state index contributed by atoms with van der Waals surface area (Å²) in [6.07, 6.45) is 12.4. The highest BCUT2D eigenvalue weighted by atomic mass is 14.0. The summed E-state index contributed by atoms with van der Waals surface area (Å²) >= 11 is 0. The van der Waals surface area contributed by atoms with Gasteiger partial charge in [0.1, 0.15) is 0 Å². The lowest BCUT2D eigenvalue weighted by Gasteiger charge is -2.04. The fraction of sp³-hybridized carbons (Fsp3) is 0.500. The molecule has 108 valence electrons. The van der Waals surface area contributed by atoms with Gasteiger partial charge >= 0.3 is 0 Å². The summed E-state index contributed by atoms with van der Waals surface area (Å²) in [5.41, 5.74) is 1.50. The van der Waals surface area contributed by atoms with Crippen molar-refractivity contribution in [1.82, 2.24) is 0 Å². The average molecular weight is 268 g/mol. The topological polar surface area (TPSA) is 0 Å². The van der Waals surface area contributed by atoms with Crippen LogP contribution in [-0.2, 0) is 6.42 Å². The predicted octanol–water partition coefficient (Wildman–Crippen LogP) is 6.52. The van der Waals surface area contributed by atoms with Gasteiger partial charge in [-0.2, -0.15) is 0 Å². The minimum absolute atomic E-state index is 1.24. The maximum Gasteiger partial charge on any atom is -0.0181 e. The van der Waals surface area contributed by atoms with E-state index in [9.17, 15) is 0 Å². The highest BCUT2D eigenvalue weighted by molar-refractivity contribution is 5.82. The minimum Gasteiger partial charge on any atom is -0.0654 e. The van der Waals surface area contributed by atoms with Gasteiger partial charge in [-0.3, -0.25) is 0 Å². The fourth-order valence-corrected chi connectivity index (χ4v) is 2.86. The first-order chi connectivity index (χ1) is 9.90. The molecular formula is C20H28. The first-order valence-electron chi connectivity index (χ1n) is 8.38. The molecule has 0 aliphatic carbocycles. The Hall–Kier alpha value is -1.30. The second kappa shape index (κ2) is 8.79. The summed E-state index contributed by atoms with van der Waals surface area (Å²) < 4.78 is 0. The van der Waals surface area contributed by atoms with Crippen LogP contribution in [0.4, 0.5) is 0 Å². The lowest BCUT2D eigenvalue weighted by molar-refractivity contribution is 0.575. The molecule has 2 aromatic carbocycles. The van der Waals surface area contributed by atoms with E-state index >= 15 is 0 Å². The number of hydrogen-bond acceptors (Lipinski definition) is 0. The zero-order chi connectivity index (χ0) is 14.0. The van der Waals surface area contributed by atoms with E-state index in [0.717, 1.165) is 0 Å². The monoisotopic (exact) mass is 268 g/mol. The Morgan fingerprint density at radius 3 is 2.05 bits per heavy atom. The highest BCUT2D eigenvalue weighted by Crippen LogP contribution is 2.17. The average Bonchev–Trinajstić information content (AvgIpc) is 2.50. The van der Waals surface area contributed by atoms with Crippen LogP contribution in [0.5, 0.6) is 0 Å². The standard InChI is InChI=1S/C20H28/c1-2-3-4-5-6-7-8-9-12-18-15-16-19-13-10-11-14-20(19)17-18/h10-11,13-17H,2-9,12H2,1H3. The van der Waals surface area contributed by atoms with Crippen molar-refractivity contribution < 1.29 is 0 Å². The number of benzene rings is 2. The van der Waals surface area contributed by atoms with Gasteiger partial charge in [0.2, 0.25) is 0 Å². The third-order valence-corrected chi connectivity index (χ3v) is 4.13. The molecule has 0 fully saturated rings. The molecule has 0 N–H and O–H groups in total. The normalized spacial score (nSPS) is 11.1. The van der Waals surface area contributed by atoms with Crippen LogP contribution < -0.4 is 0 Å². The molecule has 0 radical (unpaired) electrons. The molecule has 0 heterocycles. The van der Waals surface area contributed by atoms with Crippen LogP contribution in [0.2, 0.25) is 0 Å². The maximum atomic E-state index is 2.36. The molecule has 0 saturated carbocycles. The van der Waals surface area contributed by atoms with E-state index in [4.69, 9.17) is 0 Å². The second-order valence-corrected chi connectivity index (χ2v) is 5.91. The predicted molar refractivity (Wildman–Crippen MR) is 90.3 cm³/mol. The summed E-state index contributed by atoms with van der Waals surface area (Å²) in [6.45, 7) is 2.28. The van der Waals surface area contributed by atoms with Crippen molar-refractivity contribution in [3.05, 3.63) is 48.0 Å². The van der Waals surface area contributed by atoms with Crippen LogP contribution in [0.3, 0.4) is 0 Å². The van der Waals surface area contributed by atoms with Crippen LogP contribution in [0, 0.1) is 0 Å². The molecular weight excluding hydrogens is 240 g/mol. The molecule has 0 aliphatic rings. The van der Waals surface area contributed by atoms with Crippen LogP contribution >= 0.6 is 0 Å². The van der Waals surface area contributed by atoms with Gasteiger partial charge in [0.05, 0.1) is 0 Å². The molecule has 2 aromatic rings.